The Morgan fingerprint density at radius 3 is 2.62 bits per heavy atom. The third kappa shape index (κ3) is 4.09. The van der Waals surface area contributed by atoms with E-state index in [1.54, 1.807) is 4.57 Å². The number of hydrogen-bond acceptors (Lipinski definition) is 6. The molecule has 2 aliphatic rings. The Morgan fingerprint density at radius 1 is 1.27 bits per heavy atom. The zero-order valence-corrected chi connectivity index (χ0v) is 15.2. The monoisotopic (exact) mass is 359 g/mol. The van der Waals surface area contributed by atoms with E-state index in [9.17, 15) is 4.79 Å². The summed E-state index contributed by atoms with van der Waals surface area (Å²) in [5.74, 6) is 1.19. The van der Waals surface area contributed by atoms with Crippen LogP contribution in [-0.2, 0) is 4.74 Å². The van der Waals surface area contributed by atoms with Gasteiger partial charge in [-0.1, -0.05) is 25.8 Å². The molecule has 1 saturated carbocycles. The lowest BCUT2D eigenvalue weighted by atomic mass is 9.95. The Labute approximate surface area is 154 Å². The van der Waals surface area contributed by atoms with Gasteiger partial charge in [-0.3, -0.25) is 9.36 Å². The van der Waals surface area contributed by atoms with Crippen molar-refractivity contribution < 1.29 is 4.74 Å². The highest BCUT2D eigenvalue weighted by Gasteiger charge is 2.23. The maximum Gasteiger partial charge on any atom is 0.254 e. The molecule has 7 nitrogen and oxygen atoms in total. The number of nitrogens with one attached hydrogen (secondary N) is 3. The number of pyridine rings is 1. The molecule has 2 heterocycles. The van der Waals surface area contributed by atoms with Crippen LogP contribution in [0.15, 0.2) is 23.3 Å². The highest BCUT2D eigenvalue weighted by Crippen LogP contribution is 2.31. The van der Waals surface area contributed by atoms with E-state index < -0.39 is 0 Å². The largest absolute Gasteiger partial charge is 0.398 e. The van der Waals surface area contributed by atoms with Crippen molar-refractivity contribution in [1.82, 2.24) is 9.88 Å². The van der Waals surface area contributed by atoms with Gasteiger partial charge in [0.05, 0.1) is 11.4 Å². The molecule has 0 radical (unpaired) electrons. The third-order valence-electron chi connectivity index (χ3n) is 5.28. The van der Waals surface area contributed by atoms with Crippen molar-refractivity contribution in [2.45, 2.75) is 57.0 Å². The summed E-state index contributed by atoms with van der Waals surface area (Å²) in [4.78, 5) is 12.7. The maximum atomic E-state index is 12.7. The minimum absolute atomic E-state index is 0.124. The van der Waals surface area contributed by atoms with Crippen molar-refractivity contribution in [3.05, 3.63) is 34.4 Å². The van der Waals surface area contributed by atoms with Crippen LogP contribution in [0.2, 0.25) is 0 Å². The second kappa shape index (κ2) is 8.40. The van der Waals surface area contributed by atoms with Crippen LogP contribution < -0.4 is 21.9 Å². The van der Waals surface area contributed by atoms with Gasteiger partial charge in [-0.05, 0) is 25.7 Å². The molecule has 0 atom stereocenters. The fourth-order valence-electron chi connectivity index (χ4n) is 3.91. The van der Waals surface area contributed by atoms with Crippen molar-refractivity contribution in [3.63, 3.8) is 0 Å². The third-order valence-corrected chi connectivity index (χ3v) is 5.28. The van der Waals surface area contributed by atoms with Gasteiger partial charge < -0.3 is 26.5 Å². The van der Waals surface area contributed by atoms with Gasteiger partial charge in [0.2, 0.25) is 0 Å². The molecule has 0 amide bonds. The molecule has 1 aromatic heterocycles. The molecule has 0 bridgehead atoms. The van der Waals surface area contributed by atoms with Crippen molar-refractivity contribution in [2.24, 2.45) is 0 Å². The Balaban J connectivity index is 1.88. The van der Waals surface area contributed by atoms with Crippen LogP contribution in [0, 0.1) is 5.41 Å². The van der Waals surface area contributed by atoms with Gasteiger partial charge in [0, 0.05) is 43.3 Å². The van der Waals surface area contributed by atoms with Gasteiger partial charge in [0.15, 0.2) is 0 Å². The Bertz CT molecular complexity index is 715. The number of nitrogen functional groups attached to an aromatic ring is 1. The quantitative estimate of drug-likeness (QED) is 0.584. The lowest BCUT2D eigenvalue weighted by Crippen LogP contribution is -2.37. The molecule has 5 N–H and O–H groups in total. The second-order valence-corrected chi connectivity index (χ2v) is 7.14. The summed E-state index contributed by atoms with van der Waals surface area (Å²) in [5.41, 5.74) is 6.75. The van der Waals surface area contributed by atoms with E-state index in [2.05, 4.69) is 17.2 Å². The maximum absolute atomic E-state index is 12.7. The van der Waals surface area contributed by atoms with E-state index >= 15 is 0 Å². The summed E-state index contributed by atoms with van der Waals surface area (Å²) in [6.45, 7) is 5.55. The lowest BCUT2D eigenvalue weighted by Gasteiger charge is -2.30. The number of ether oxygens (including phenoxy) is 1. The molecule has 142 valence electrons. The standard InChI is InChI=1S/C19H29N5O2/c1-13(22-14-7-9-26-10-8-14)23-19-16(12-20)17(21)11-18(25)24(19)15-5-3-2-4-6-15/h11-12,14-15,20,22-23H,1-10,21H2. The second-order valence-electron chi connectivity index (χ2n) is 7.14. The summed E-state index contributed by atoms with van der Waals surface area (Å²) in [6, 6.07) is 1.85. The Hall–Kier alpha value is -2.28. The van der Waals surface area contributed by atoms with E-state index in [1.807, 2.05) is 0 Å². The molecule has 26 heavy (non-hydrogen) atoms. The minimum atomic E-state index is -0.124. The molecule has 1 aliphatic carbocycles. The molecule has 1 saturated heterocycles. The number of nitrogens with zero attached hydrogens (tertiary/aromatic N) is 1. The predicted octanol–water partition coefficient (Wildman–Crippen LogP) is 2.59. The molecule has 2 fully saturated rings. The van der Waals surface area contributed by atoms with Gasteiger partial charge in [0.1, 0.15) is 5.82 Å². The van der Waals surface area contributed by atoms with Crippen molar-refractivity contribution >= 4 is 17.7 Å². The molecule has 1 aliphatic heterocycles. The number of nitrogens with two attached hydrogens (primary N) is 1. The first-order valence-electron chi connectivity index (χ1n) is 9.46. The molecule has 1 aromatic rings. The van der Waals surface area contributed by atoms with Gasteiger partial charge in [-0.15, -0.1) is 0 Å². The Morgan fingerprint density at radius 2 is 1.96 bits per heavy atom. The van der Waals surface area contributed by atoms with Gasteiger partial charge in [-0.25, -0.2) is 0 Å². The summed E-state index contributed by atoms with van der Waals surface area (Å²) in [7, 11) is 0. The van der Waals surface area contributed by atoms with Crippen molar-refractivity contribution in [1.29, 1.82) is 5.41 Å². The Kier molecular flexibility index (Phi) is 5.98. The summed E-state index contributed by atoms with van der Waals surface area (Å²) < 4.78 is 7.15. The molecule has 0 aromatic carbocycles. The summed E-state index contributed by atoms with van der Waals surface area (Å²) in [6.07, 6.45) is 8.42. The van der Waals surface area contributed by atoms with Crippen LogP contribution in [0.4, 0.5) is 11.5 Å². The fraction of sp³-hybridized carbons (Fsp3) is 0.579. The average Bonchev–Trinajstić information content (AvgIpc) is 2.63. The molecular weight excluding hydrogens is 330 g/mol. The van der Waals surface area contributed by atoms with Gasteiger partial charge in [0.25, 0.3) is 5.56 Å². The topological polar surface area (TPSA) is 105 Å². The van der Waals surface area contributed by atoms with Gasteiger partial charge in [-0.2, -0.15) is 0 Å². The first kappa shape index (κ1) is 18.5. The number of rotatable bonds is 6. The van der Waals surface area contributed by atoms with Crippen molar-refractivity contribution in [2.75, 3.05) is 24.3 Å². The smallest absolute Gasteiger partial charge is 0.254 e. The van der Waals surface area contributed by atoms with E-state index in [1.165, 1.54) is 18.7 Å². The highest BCUT2D eigenvalue weighted by molar-refractivity contribution is 5.91. The first-order chi connectivity index (χ1) is 12.6. The molecule has 3 rings (SSSR count). The lowest BCUT2D eigenvalue weighted by molar-refractivity contribution is 0.0805. The van der Waals surface area contributed by atoms with E-state index in [-0.39, 0.29) is 11.6 Å². The summed E-state index contributed by atoms with van der Waals surface area (Å²) in [5, 5.41) is 14.4. The number of anilines is 2. The predicted molar refractivity (Wildman–Crippen MR) is 105 cm³/mol. The SMILES string of the molecule is C=C(Nc1c(C=N)c(N)cc(=O)n1C1CCCCC1)NC1CCOCC1. The minimum Gasteiger partial charge on any atom is -0.398 e. The average molecular weight is 359 g/mol. The van der Waals surface area contributed by atoms with Crippen LogP contribution in [0.5, 0.6) is 0 Å². The van der Waals surface area contributed by atoms with Crippen LogP contribution in [-0.4, -0.2) is 30.0 Å². The van der Waals surface area contributed by atoms with E-state index in [0.717, 1.165) is 51.7 Å². The first-order valence-corrected chi connectivity index (χ1v) is 9.46. The van der Waals surface area contributed by atoms with Crippen LogP contribution in [0.3, 0.4) is 0 Å². The molecular formula is C19H29N5O2. The van der Waals surface area contributed by atoms with Crippen molar-refractivity contribution in [3.8, 4) is 0 Å². The van der Waals surface area contributed by atoms with Crippen LogP contribution in [0.25, 0.3) is 0 Å². The molecule has 0 unspecified atom stereocenters. The number of aromatic nitrogens is 1. The number of hydrogen-bond donors (Lipinski definition) is 4. The zero-order valence-electron chi connectivity index (χ0n) is 15.2. The summed E-state index contributed by atoms with van der Waals surface area (Å²) >= 11 is 0. The normalized spacial score (nSPS) is 19.1. The highest BCUT2D eigenvalue weighted by atomic mass is 16.5. The fourth-order valence-corrected chi connectivity index (χ4v) is 3.91. The zero-order chi connectivity index (χ0) is 18.5. The van der Waals surface area contributed by atoms with Crippen LogP contribution in [0.1, 0.15) is 56.6 Å². The molecule has 7 heteroatoms. The van der Waals surface area contributed by atoms with Crippen LogP contribution >= 0.6 is 0 Å². The van der Waals surface area contributed by atoms with Gasteiger partial charge >= 0.3 is 0 Å². The van der Waals surface area contributed by atoms with E-state index in [0.29, 0.717) is 28.9 Å². The van der Waals surface area contributed by atoms with E-state index in [4.69, 9.17) is 15.9 Å². The molecule has 0 spiro atoms.